The Balaban J connectivity index is 2.42. The van der Waals surface area contributed by atoms with Crippen molar-refractivity contribution in [3.05, 3.63) is 34.1 Å². The molecule has 0 bridgehead atoms. The van der Waals surface area contributed by atoms with Crippen molar-refractivity contribution in [2.45, 2.75) is 32.5 Å². The predicted octanol–water partition coefficient (Wildman–Crippen LogP) is 1.72. The molecule has 22 heavy (non-hydrogen) atoms. The number of hydrogen-bond donors (Lipinski definition) is 1. The average molecular weight is 329 g/mol. The summed E-state index contributed by atoms with van der Waals surface area (Å²) in [4.78, 5) is 26.9. The minimum absolute atomic E-state index is 0.102. The second-order valence-electron chi connectivity index (χ2n) is 5.51. The number of rotatable bonds is 3. The first-order valence-corrected chi connectivity index (χ1v) is 7.32. The molecule has 2 amide bonds. The molecule has 1 aromatic rings. The summed E-state index contributed by atoms with van der Waals surface area (Å²) in [5.41, 5.74) is 0.771. The Labute approximate surface area is 133 Å². The zero-order valence-electron chi connectivity index (χ0n) is 12.6. The van der Waals surface area contributed by atoms with Gasteiger partial charge < -0.3 is 14.9 Å². The number of hydrogen-bond acceptors (Lipinski definition) is 3. The second kappa shape index (κ2) is 6.22. The van der Waals surface area contributed by atoms with E-state index in [0.717, 1.165) is 6.07 Å². The fourth-order valence-corrected chi connectivity index (χ4v) is 2.90. The van der Waals surface area contributed by atoms with E-state index in [4.69, 9.17) is 11.6 Å². The van der Waals surface area contributed by atoms with Crippen LogP contribution in [0.3, 0.4) is 0 Å². The van der Waals surface area contributed by atoms with Crippen molar-refractivity contribution in [1.82, 2.24) is 9.80 Å². The normalized spacial score (nSPS) is 20.5. The Hall–Kier alpha value is -1.66. The number of benzene rings is 1. The van der Waals surface area contributed by atoms with Crippen LogP contribution in [0.5, 0.6) is 0 Å². The van der Waals surface area contributed by atoms with E-state index in [1.807, 2.05) is 6.92 Å². The molecule has 0 unspecified atom stereocenters. The van der Waals surface area contributed by atoms with Crippen LogP contribution in [0.25, 0.3) is 0 Å². The first-order valence-electron chi connectivity index (χ1n) is 6.94. The van der Waals surface area contributed by atoms with Crippen molar-refractivity contribution in [3.8, 4) is 0 Å². The largest absolute Gasteiger partial charge is 0.392 e. The maximum Gasteiger partial charge on any atom is 0.312 e. The van der Waals surface area contributed by atoms with E-state index in [-0.39, 0.29) is 17.7 Å². The first-order chi connectivity index (χ1) is 10.3. The zero-order chi connectivity index (χ0) is 16.6. The SMILES string of the molecule is C[C@@H]1CN([C@@H](C)c2cc(F)cc(Cl)c2CO)C(=O)C(=O)N1C. The van der Waals surface area contributed by atoms with Crippen LogP contribution in [-0.4, -0.2) is 46.4 Å². The highest BCUT2D eigenvalue weighted by Gasteiger charge is 2.38. The molecule has 2 rings (SSSR count). The van der Waals surface area contributed by atoms with Crippen LogP contribution in [0.15, 0.2) is 12.1 Å². The smallest absolute Gasteiger partial charge is 0.312 e. The predicted molar refractivity (Wildman–Crippen MR) is 79.7 cm³/mol. The topological polar surface area (TPSA) is 60.9 Å². The standard InChI is InChI=1S/C15H18ClFN2O3/c1-8-6-19(15(22)14(21)18(8)3)9(2)11-4-10(17)5-13(16)12(11)7-20/h4-5,8-9,20H,6-7H2,1-3H3/t8-,9+/m1/s1. The van der Waals surface area contributed by atoms with Gasteiger partial charge >= 0.3 is 11.8 Å². The molecule has 1 fully saturated rings. The molecule has 2 atom stereocenters. The van der Waals surface area contributed by atoms with Crippen LogP contribution < -0.4 is 0 Å². The molecule has 0 saturated carbocycles. The van der Waals surface area contributed by atoms with Crippen molar-refractivity contribution in [3.63, 3.8) is 0 Å². The molecule has 120 valence electrons. The number of nitrogens with zero attached hydrogens (tertiary/aromatic N) is 2. The maximum absolute atomic E-state index is 13.6. The number of carbonyl (C=O) groups excluding carboxylic acids is 2. The van der Waals surface area contributed by atoms with Crippen LogP contribution in [0.4, 0.5) is 4.39 Å². The third kappa shape index (κ3) is 2.80. The Bertz CT molecular complexity index is 623. The van der Waals surface area contributed by atoms with Crippen LogP contribution >= 0.6 is 11.6 Å². The first kappa shape index (κ1) is 16.7. The molecule has 5 nitrogen and oxygen atoms in total. The van der Waals surface area contributed by atoms with Gasteiger partial charge in [0.25, 0.3) is 0 Å². The van der Waals surface area contributed by atoms with E-state index in [9.17, 15) is 19.1 Å². The van der Waals surface area contributed by atoms with Gasteiger partial charge in [0.05, 0.1) is 12.6 Å². The van der Waals surface area contributed by atoms with Gasteiger partial charge in [-0.05, 0) is 31.5 Å². The van der Waals surface area contributed by atoms with Crippen molar-refractivity contribution in [1.29, 1.82) is 0 Å². The summed E-state index contributed by atoms with van der Waals surface area (Å²) in [7, 11) is 1.57. The van der Waals surface area contributed by atoms with Gasteiger partial charge in [0, 0.05) is 30.2 Å². The summed E-state index contributed by atoms with van der Waals surface area (Å²) in [6.45, 7) is 3.48. The lowest BCUT2D eigenvalue weighted by Crippen LogP contribution is -2.57. The van der Waals surface area contributed by atoms with E-state index >= 15 is 0 Å². The molecule has 0 aromatic heterocycles. The van der Waals surface area contributed by atoms with E-state index in [1.165, 1.54) is 15.9 Å². The number of likely N-dealkylation sites (N-methyl/N-ethyl adjacent to an activating group) is 1. The molecule has 1 N–H and O–H groups in total. The van der Waals surface area contributed by atoms with Gasteiger partial charge in [-0.3, -0.25) is 9.59 Å². The van der Waals surface area contributed by atoms with Crippen molar-refractivity contribution in [2.24, 2.45) is 0 Å². The number of carbonyl (C=O) groups is 2. The summed E-state index contributed by atoms with van der Waals surface area (Å²) in [6.07, 6.45) is 0. The molecule has 1 aliphatic rings. The van der Waals surface area contributed by atoms with Crippen molar-refractivity contribution in [2.75, 3.05) is 13.6 Å². The summed E-state index contributed by atoms with van der Waals surface area (Å²) in [5.74, 6) is -1.79. The number of piperazine rings is 1. The second-order valence-corrected chi connectivity index (χ2v) is 5.92. The fraction of sp³-hybridized carbons (Fsp3) is 0.467. The lowest BCUT2D eigenvalue weighted by Gasteiger charge is -2.40. The highest BCUT2D eigenvalue weighted by Crippen LogP contribution is 2.31. The highest BCUT2D eigenvalue weighted by atomic mass is 35.5. The fourth-order valence-electron chi connectivity index (χ4n) is 2.63. The van der Waals surface area contributed by atoms with Crippen LogP contribution in [-0.2, 0) is 16.2 Å². The lowest BCUT2D eigenvalue weighted by atomic mass is 9.98. The molecule has 0 aliphatic carbocycles. The van der Waals surface area contributed by atoms with Crippen LogP contribution in [0.2, 0.25) is 5.02 Å². The molecule has 1 heterocycles. The number of aliphatic hydroxyl groups is 1. The van der Waals surface area contributed by atoms with E-state index in [0.29, 0.717) is 17.7 Å². The van der Waals surface area contributed by atoms with Gasteiger partial charge in [-0.2, -0.15) is 0 Å². The molecule has 1 aliphatic heterocycles. The number of aliphatic hydroxyl groups excluding tert-OH is 1. The zero-order valence-corrected chi connectivity index (χ0v) is 13.4. The number of amides is 2. The molecular formula is C15H18ClFN2O3. The third-order valence-electron chi connectivity index (χ3n) is 4.16. The van der Waals surface area contributed by atoms with Gasteiger partial charge in [0.1, 0.15) is 5.82 Å². The molecule has 0 radical (unpaired) electrons. The molecule has 1 saturated heterocycles. The minimum Gasteiger partial charge on any atom is -0.392 e. The van der Waals surface area contributed by atoms with E-state index in [1.54, 1.807) is 14.0 Å². The third-order valence-corrected chi connectivity index (χ3v) is 4.49. The van der Waals surface area contributed by atoms with Crippen molar-refractivity contribution >= 4 is 23.4 Å². The monoisotopic (exact) mass is 328 g/mol. The van der Waals surface area contributed by atoms with Gasteiger partial charge in [-0.15, -0.1) is 0 Å². The van der Waals surface area contributed by atoms with Gasteiger partial charge in [-0.25, -0.2) is 4.39 Å². The number of halogens is 2. The van der Waals surface area contributed by atoms with Crippen LogP contribution in [0.1, 0.15) is 31.0 Å². The van der Waals surface area contributed by atoms with E-state index < -0.39 is 23.7 Å². The van der Waals surface area contributed by atoms with E-state index in [2.05, 4.69) is 0 Å². The van der Waals surface area contributed by atoms with Gasteiger partial charge in [0.2, 0.25) is 0 Å². The molecule has 7 heteroatoms. The summed E-state index contributed by atoms with van der Waals surface area (Å²) in [5, 5.41) is 9.57. The summed E-state index contributed by atoms with van der Waals surface area (Å²) in [6, 6.07) is 1.64. The molecule has 0 spiro atoms. The maximum atomic E-state index is 13.6. The summed E-state index contributed by atoms with van der Waals surface area (Å²) >= 11 is 5.96. The Kier molecular flexibility index (Phi) is 4.72. The van der Waals surface area contributed by atoms with Gasteiger partial charge in [-0.1, -0.05) is 11.6 Å². The summed E-state index contributed by atoms with van der Waals surface area (Å²) < 4.78 is 13.6. The van der Waals surface area contributed by atoms with Gasteiger partial charge in [0.15, 0.2) is 0 Å². The highest BCUT2D eigenvalue weighted by molar-refractivity contribution is 6.35. The quantitative estimate of drug-likeness (QED) is 0.859. The Morgan fingerprint density at radius 3 is 2.64 bits per heavy atom. The minimum atomic E-state index is -0.641. The van der Waals surface area contributed by atoms with Crippen LogP contribution in [0, 0.1) is 5.82 Å². The molecular weight excluding hydrogens is 311 g/mol. The average Bonchev–Trinajstić information content (AvgIpc) is 2.47. The molecule has 1 aromatic carbocycles. The Morgan fingerprint density at radius 2 is 2.05 bits per heavy atom. The lowest BCUT2D eigenvalue weighted by molar-refractivity contribution is -0.159. The Morgan fingerprint density at radius 1 is 1.41 bits per heavy atom. The van der Waals surface area contributed by atoms with Crippen molar-refractivity contribution < 1.29 is 19.1 Å².